The number of hydrogen-bond acceptors (Lipinski definition) is 3. The van der Waals surface area contributed by atoms with E-state index in [9.17, 15) is 14.7 Å². The highest BCUT2D eigenvalue weighted by molar-refractivity contribution is 5.72. The second-order valence-electron chi connectivity index (χ2n) is 7.84. The number of aliphatic carboxylic acids is 1. The molecular weight excluding hydrogens is 318 g/mol. The molecule has 0 spiro atoms. The van der Waals surface area contributed by atoms with Crippen molar-refractivity contribution in [2.75, 3.05) is 6.54 Å². The summed E-state index contributed by atoms with van der Waals surface area (Å²) in [6, 6.07) is 9.40. The Hall–Kier alpha value is -2.04. The van der Waals surface area contributed by atoms with Crippen LogP contribution in [0.2, 0.25) is 0 Å². The molecule has 1 aliphatic carbocycles. The van der Waals surface area contributed by atoms with Crippen LogP contribution in [0.4, 0.5) is 4.79 Å². The molecule has 1 amide bonds. The highest BCUT2D eigenvalue weighted by Gasteiger charge is 2.31. The molecule has 5 heteroatoms. The molecule has 1 fully saturated rings. The molecule has 5 nitrogen and oxygen atoms in total. The first kappa shape index (κ1) is 19.3. The summed E-state index contributed by atoms with van der Waals surface area (Å²) in [5.74, 6) is -1.01. The third kappa shape index (κ3) is 6.77. The van der Waals surface area contributed by atoms with Gasteiger partial charge in [0, 0.05) is 6.54 Å². The summed E-state index contributed by atoms with van der Waals surface area (Å²) < 4.78 is 5.14. The van der Waals surface area contributed by atoms with Gasteiger partial charge >= 0.3 is 12.1 Å². The van der Waals surface area contributed by atoms with Crippen LogP contribution in [-0.4, -0.2) is 23.7 Å². The number of carbonyl (C=O) groups is 2. The Morgan fingerprint density at radius 2 is 2.04 bits per heavy atom. The van der Waals surface area contributed by atoms with Gasteiger partial charge in [0.15, 0.2) is 0 Å². The number of nitrogens with one attached hydrogen (secondary N) is 1. The van der Waals surface area contributed by atoms with Crippen LogP contribution in [0.1, 0.15) is 51.5 Å². The van der Waals surface area contributed by atoms with Crippen molar-refractivity contribution >= 4 is 12.1 Å². The molecule has 2 unspecified atom stereocenters. The second-order valence-corrected chi connectivity index (χ2v) is 7.84. The summed E-state index contributed by atoms with van der Waals surface area (Å²) in [5.41, 5.74) is 1.19. The van der Waals surface area contributed by atoms with Crippen LogP contribution in [0, 0.1) is 17.3 Å². The van der Waals surface area contributed by atoms with Gasteiger partial charge in [-0.05, 0) is 36.2 Å². The largest absolute Gasteiger partial charge is 0.481 e. The van der Waals surface area contributed by atoms with E-state index < -0.39 is 18.0 Å². The summed E-state index contributed by atoms with van der Waals surface area (Å²) in [5, 5.41) is 12.1. The Morgan fingerprint density at radius 1 is 1.32 bits per heavy atom. The zero-order valence-electron chi connectivity index (χ0n) is 15.2. The van der Waals surface area contributed by atoms with E-state index >= 15 is 0 Å². The fourth-order valence-corrected chi connectivity index (χ4v) is 3.71. The fraction of sp³-hybridized carbons (Fsp3) is 0.600. The number of ether oxygens (including phenoxy) is 1. The van der Waals surface area contributed by atoms with Gasteiger partial charge < -0.3 is 15.2 Å². The summed E-state index contributed by atoms with van der Waals surface area (Å²) in [4.78, 5) is 23.3. The van der Waals surface area contributed by atoms with Gasteiger partial charge in [0.1, 0.15) is 6.61 Å². The highest BCUT2D eigenvalue weighted by Crippen LogP contribution is 2.40. The molecule has 0 bridgehead atoms. The maximum absolute atomic E-state index is 11.8. The predicted molar refractivity (Wildman–Crippen MR) is 96.1 cm³/mol. The molecule has 2 rings (SSSR count). The van der Waals surface area contributed by atoms with Crippen LogP contribution >= 0.6 is 0 Å². The molecule has 2 atom stereocenters. The number of alkyl carbamates (subject to hydrolysis) is 1. The van der Waals surface area contributed by atoms with E-state index in [1.165, 1.54) is 6.42 Å². The van der Waals surface area contributed by atoms with E-state index in [1.807, 2.05) is 30.3 Å². The van der Waals surface area contributed by atoms with Crippen LogP contribution in [0.25, 0.3) is 0 Å². The topological polar surface area (TPSA) is 75.6 Å². The predicted octanol–water partition coefficient (Wildman–Crippen LogP) is 4.22. The lowest BCUT2D eigenvalue weighted by Crippen LogP contribution is -2.35. The van der Waals surface area contributed by atoms with E-state index in [4.69, 9.17) is 4.74 Å². The second kappa shape index (κ2) is 8.88. The van der Waals surface area contributed by atoms with Crippen molar-refractivity contribution in [3.05, 3.63) is 35.9 Å². The first-order valence-corrected chi connectivity index (χ1v) is 9.03. The first-order valence-electron chi connectivity index (χ1n) is 9.03. The van der Waals surface area contributed by atoms with Crippen LogP contribution in [0.5, 0.6) is 0 Å². The van der Waals surface area contributed by atoms with Gasteiger partial charge in [-0.2, -0.15) is 0 Å². The molecule has 0 saturated heterocycles. The molecule has 0 radical (unpaired) electrons. The lowest BCUT2D eigenvalue weighted by molar-refractivity contribution is -0.142. The lowest BCUT2D eigenvalue weighted by Gasteiger charge is -2.36. The van der Waals surface area contributed by atoms with Gasteiger partial charge in [-0.3, -0.25) is 4.79 Å². The number of amides is 1. The summed E-state index contributed by atoms with van der Waals surface area (Å²) in [6.07, 6.45) is 4.51. The van der Waals surface area contributed by atoms with E-state index in [0.717, 1.165) is 24.8 Å². The van der Waals surface area contributed by atoms with Gasteiger partial charge in [0.05, 0.1) is 5.92 Å². The van der Waals surface area contributed by atoms with Crippen molar-refractivity contribution in [3.8, 4) is 0 Å². The van der Waals surface area contributed by atoms with Gasteiger partial charge in [-0.25, -0.2) is 4.79 Å². The van der Waals surface area contributed by atoms with E-state index in [1.54, 1.807) is 0 Å². The summed E-state index contributed by atoms with van der Waals surface area (Å²) in [6.45, 7) is 4.78. The molecule has 138 valence electrons. The standard InChI is InChI=1S/C20H29NO4/c1-20(2)10-6-9-16(12-20)11-17(18(22)23)13-21-19(24)25-14-15-7-4-3-5-8-15/h3-5,7-8,16-17H,6,9-14H2,1-2H3,(H,21,24)(H,22,23). The van der Waals surface area contributed by atoms with Crippen molar-refractivity contribution in [1.29, 1.82) is 0 Å². The molecule has 1 saturated carbocycles. The van der Waals surface area contributed by atoms with Gasteiger partial charge in [-0.1, -0.05) is 57.0 Å². The monoisotopic (exact) mass is 347 g/mol. The quantitative estimate of drug-likeness (QED) is 0.774. The van der Waals surface area contributed by atoms with Crippen LogP contribution in [-0.2, 0) is 16.1 Å². The van der Waals surface area contributed by atoms with Crippen molar-refractivity contribution in [2.45, 2.75) is 52.6 Å². The zero-order valence-corrected chi connectivity index (χ0v) is 15.2. The average molecular weight is 347 g/mol. The highest BCUT2D eigenvalue weighted by atomic mass is 16.5. The molecule has 0 heterocycles. The Balaban J connectivity index is 1.77. The lowest BCUT2D eigenvalue weighted by atomic mass is 9.70. The third-order valence-electron chi connectivity index (χ3n) is 4.98. The Morgan fingerprint density at radius 3 is 2.68 bits per heavy atom. The van der Waals surface area contributed by atoms with Crippen LogP contribution in [0.15, 0.2) is 30.3 Å². The van der Waals surface area contributed by atoms with Gasteiger partial charge in [0.2, 0.25) is 0 Å². The molecule has 1 aliphatic rings. The molecule has 1 aromatic rings. The minimum atomic E-state index is -0.855. The van der Waals surface area contributed by atoms with E-state index in [2.05, 4.69) is 19.2 Å². The minimum Gasteiger partial charge on any atom is -0.481 e. The molecule has 0 aliphatic heterocycles. The van der Waals surface area contributed by atoms with Crippen LogP contribution in [0.3, 0.4) is 0 Å². The number of carboxylic acids is 1. The smallest absolute Gasteiger partial charge is 0.407 e. The number of benzene rings is 1. The minimum absolute atomic E-state index is 0.111. The molecule has 2 N–H and O–H groups in total. The summed E-state index contributed by atoms with van der Waals surface area (Å²) in [7, 11) is 0. The number of carboxylic acid groups (broad SMARTS) is 1. The molecular formula is C20H29NO4. The fourth-order valence-electron chi connectivity index (χ4n) is 3.71. The SMILES string of the molecule is CC1(C)CCCC(CC(CNC(=O)OCc2ccccc2)C(=O)O)C1. The Kier molecular flexibility index (Phi) is 6.85. The normalized spacial score (nSPS) is 20.5. The number of rotatable bonds is 7. The molecule has 25 heavy (non-hydrogen) atoms. The Bertz CT molecular complexity index is 570. The maximum Gasteiger partial charge on any atom is 0.407 e. The molecule has 0 aromatic heterocycles. The number of carbonyl (C=O) groups excluding carboxylic acids is 1. The first-order chi connectivity index (χ1) is 11.9. The third-order valence-corrected chi connectivity index (χ3v) is 4.98. The van der Waals surface area contributed by atoms with Crippen molar-refractivity contribution < 1.29 is 19.4 Å². The van der Waals surface area contributed by atoms with Crippen molar-refractivity contribution in [1.82, 2.24) is 5.32 Å². The van der Waals surface area contributed by atoms with Crippen LogP contribution < -0.4 is 5.32 Å². The van der Waals surface area contributed by atoms with Crippen molar-refractivity contribution in [3.63, 3.8) is 0 Å². The molecule has 1 aromatic carbocycles. The van der Waals surface area contributed by atoms with E-state index in [0.29, 0.717) is 12.3 Å². The summed E-state index contributed by atoms with van der Waals surface area (Å²) >= 11 is 0. The Labute approximate surface area is 149 Å². The van der Waals surface area contributed by atoms with Crippen molar-refractivity contribution in [2.24, 2.45) is 17.3 Å². The number of hydrogen-bond donors (Lipinski definition) is 2. The maximum atomic E-state index is 11.8. The average Bonchev–Trinajstić information content (AvgIpc) is 2.56. The van der Waals surface area contributed by atoms with E-state index in [-0.39, 0.29) is 18.6 Å². The van der Waals surface area contributed by atoms with Gasteiger partial charge in [-0.15, -0.1) is 0 Å². The zero-order chi connectivity index (χ0) is 18.3. The van der Waals surface area contributed by atoms with Gasteiger partial charge in [0.25, 0.3) is 0 Å².